The van der Waals surface area contributed by atoms with E-state index in [0.29, 0.717) is 28.0 Å². The van der Waals surface area contributed by atoms with Gasteiger partial charge in [0, 0.05) is 29.1 Å². The number of hydrogen-bond acceptors (Lipinski definition) is 1. The van der Waals surface area contributed by atoms with E-state index in [1.54, 1.807) is 13.1 Å². The zero-order valence-electron chi connectivity index (χ0n) is 8.87. The predicted octanol–water partition coefficient (Wildman–Crippen LogP) is 2.38. The highest BCUT2D eigenvalue weighted by Crippen LogP contribution is 2.44. The van der Waals surface area contributed by atoms with Gasteiger partial charge in [-0.1, -0.05) is 29.3 Å². The van der Waals surface area contributed by atoms with Gasteiger partial charge in [0.1, 0.15) is 0 Å². The average molecular weight is 258 g/mol. The number of guanidine groups is 1. The fourth-order valence-corrected chi connectivity index (χ4v) is 2.30. The maximum Gasteiger partial charge on any atom is 0.188 e. The molecule has 1 aromatic carbocycles. The van der Waals surface area contributed by atoms with Gasteiger partial charge in [0.2, 0.25) is 0 Å². The molecular weight excluding hydrogens is 245 g/mol. The lowest BCUT2D eigenvalue weighted by molar-refractivity contribution is 0.857. The first-order chi connectivity index (χ1) is 7.61. The molecule has 0 heterocycles. The lowest BCUT2D eigenvalue weighted by Gasteiger charge is -2.06. The van der Waals surface area contributed by atoms with E-state index < -0.39 is 0 Å². The van der Waals surface area contributed by atoms with E-state index in [-0.39, 0.29) is 0 Å². The van der Waals surface area contributed by atoms with Gasteiger partial charge in [0.25, 0.3) is 0 Å². The maximum atomic E-state index is 6.13. The molecule has 1 saturated carbocycles. The minimum atomic E-state index is 0.336. The molecule has 16 heavy (non-hydrogen) atoms. The topological polar surface area (TPSA) is 50.4 Å². The molecule has 0 aromatic heterocycles. The predicted molar refractivity (Wildman–Crippen MR) is 68.3 cm³/mol. The highest BCUT2D eigenvalue weighted by Gasteiger charge is 2.39. The molecule has 2 atom stereocenters. The molecule has 0 saturated heterocycles. The standard InChI is InChI=1S/C11H13Cl2N3/c1-15-11(14)16-10-5-8(10)7-3-2-6(12)4-9(7)13/h2-4,8,10H,5H2,1H3,(H3,14,15,16)/t8-,10+/m0/s1. The van der Waals surface area contributed by atoms with Crippen molar-refractivity contribution >= 4 is 29.2 Å². The number of nitrogens with one attached hydrogen (secondary N) is 1. The van der Waals surface area contributed by atoms with Gasteiger partial charge in [-0.05, 0) is 24.1 Å². The minimum Gasteiger partial charge on any atom is -0.370 e. The summed E-state index contributed by atoms with van der Waals surface area (Å²) < 4.78 is 0. The average Bonchev–Trinajstić information content (AvgIpc) is 2.97. The number of aliphatic imine (C=N–C) groups is 1. The highest BCUT2D eigenvalue weighted by atomic mass is 35.5. The van der Waals surface area contributed by atoms with Gasteiger partial charge in [-0.3, -0.25) is 4.99 Å². The molecule has 3 nitrogen and oxygen atoms in total. The molecule has 0 amide bonds. The molecule has 0 spiro atoms. The zero-order chi connectivity index (χ0) is 11.7. The van der Waals surface area contributed by atoms with Gasteiger partial charge in [0.05, 0.1) is 0 Å². The Bertz CT molecular complexity index is 431. The number of hydrogen-bond donors (Lipinski definition) is 2. The van der Waals surface area contributed by atoms with Crippen LogP contribution in [0.3, 0.4) is 0 Å². The normalized spacial score (nSPS) is 24.3. The van der Waals surface area contributed by atoms with Crippen molar-refractivity contribution in [1.29, 1.82) is 0 Å². The van der Waals surface area contributed by atoms with Gasteiger partial charge in [0.15, 0.2) is 5.96 Å². The lowest BCUT2D eigenvalue weighted by Crippen LogP contribution is -2.33. The Hall–Kier alpha value is -0.930. The summed E-state index contributed by atoms with van der Waals surface area (Å²) in [6.07, 6.45) is 1.03. The van der Waals surface area contributed by atoms with E-state index in [1.807, 2.05) is 12.1 Å². The summed E-state index contributed by atoms with van der Waals surface area (Å²) in [4.78, 5) is 3.86. The molecule has 1 aromatic rings. The summed E-state index contributed by atoms with van der Waals surface area (Å²) in [7, 11) is 1.66. The summed E-state index contributed by atoms with van der Waals surface area (Å²) in [6, 6.07) is 5.93. The van der Waals surface area contributed by atoms with Crippen LogP contribution in [-0.2, 0) is 0 Å². The molecule has 3 N–H and O–H groups in total. The fraction of sp³-hybridized carbons (Fsp3) is 0.364. The minimum absolute atomic E-state index is 0.336. The first kappa shape index (κ1) is 11.6. The van der Waals surface area contributed by atoms with Crippen LogP contribution in [0.5, 0.6) is 0 Å². The molecule has 1 aliphatic rings. The van der Waals surface area contributed by atoms with Crippen molar-refractivity contribution in [3.63, 3.8) is 0 Å². The van der Waals surface area contributed by atoms with Crippen LogP contribution in [0.25, 0.3) is 0 Å². The Morgan fingerprint density at radius 1 is 1.50 bits per heavy atom. The molecule has 0 bridgehead atoms. The SMILES string of the molecule is CN=C(N)N[C@@H]1C[C@H]1c1ccc(Cl)cc1Cl. The first-order valence-electron chi connectivity index (χ1n) is 5.05. The van der Waals surface area contributed by atoms with Crippen molar-refractivity contribution in [2.24, 2.45) is 10.7 Å². The molecule has 0 radical (unpaired) electrons. The van der Waals surface area contributed by atoms with E-state index in [4.69, 9.17) is 28.9 Å². The Kier molecular flexibility index (Phi) is 3.26. The van der Waals surface area contributed by atoms with Crippen molar-refractivity contribution in [2.45, 2.75) is 18.4 Å². The third-order valence-corrected chi connectivity index (χ3v) is 3.29. The summed E-state index contributed by atoms with van der Waals surface area (Å²) in [5, 5.41) is 4.51. The second-order valence-corrected chi connectivity index (χ2v) is 4.71. The number of rotatable bonds is 2. The van der Waals surface area contributed by atoms with Crippen LogP contribution in [0.4, 0.5) is 0 Å². The molecule has 0 unspecified atom stereocenters. The third-order valence-electron chi connectivity index (χ3n) is 2.73. The number of halogens is 2. The summed E-state index contributed by atoms with van der Waals surface area (Å²) in [5.74, 6) is 0.877. The lowest BCUT2D eigenvalue weighted by atomic mass is 10.1. The van der Waals surface area contributed by atoms with Gasteiger partial charge >= 0.3 is 0 Å². The maximum absolute atomic E-state index is 6.13. The first-order valence-corrected chi connectivity index (χ1v) is 5.81. The largest absolute Gasteiger partial charge is 0.370 e. The van der Waals surface area contributed by atoms with Crippen LogP contribution in [0.1, 0.15) is 17.9 Å². The van der Waals surface area contributed by atoms with Crippen molar-refractivity contribution in [1.82, 2.24) is 5.32 Å². The smallest absolute Gasteiger partial charge is 0.188 e. The fourth-order valence-electron chi connectivity index (χ4n) is 1.75. The summed E-state index contributed by atoms with van der Waals surface area (Å²) >= 11 is 12.0. The van der Waals surface area contributed by atoms with Crippen LogP contribution in [0.15, 0.2) is 23.2 Å². The molecule has 5 heteroatoms. The second kappa shape index (κ2) is 4.52. The molecule has 1 aliphatic carbocycles. The van der Waals surface area contributed by atoms with Crippen LogP contribution >= 0.6 is 23.2 Å². The zero-order valence-corrected chi connectivity index (χ0v) is 10.4. The van der Waals surface area contributed by atoms with Crippen LogP contribution < -0.4 is 11.1 Å². The Morgan fingerprint density at radius 3 is 2.88 bits per heavy atom. The molecule has 0 aliphatic heterocycles. The summed E-state index contributed by atoms with van der Waals surface area (Å²) in [5.41, 5.74) is 6.72. The summed E-state index contributed by atoms with van der Waals surface area (Å²) in [6.45, 7) is 0. The Labute approximate surface area is 105 Å². The number of nitrogens with two attached hydrogens (primary N) is 1. The van der Waals surface area contributed by atoms with E-state index in [0.717, 1.165) is 12.0 Å². The van der Waals surface area contributed by atoms with Gasteiger partial charge in [-0.2, -0.15) is 0 Å². The Balaban J connectivity index is 2.06. The molecule has 1 fully saturated rings. The van der Waals surface area contributed by atoms with Crippen LogP contribution in [0.2, 0.25) is 10.0 Å². The van der Waals surface area contributed by atoms with E-state index >= 15 is 0 Å². The monoisotopic (exact) mass is 257 g/mol. The number of nitrogens with zero attached hydrogens (tertiary/aromatic N) is 1. The second-order valence-electron chi connectivity index (χ2n) is 3.87. The van der Waals surface area contributed by atoms with Crippen molar-refractivity contribution < 1.29 is 0 Å². The highest BCUT2D eigenvalue weighted by molar-refractivity contribution is 6.35. The third kappa shape index (κ3) is 2.42. The molecular formula is C11H13Cl2N3. The van der Waals surface area contributed by atoms with E-state index in [2.05, 4.69) is 10.3 Å². The van der Waals surface area contributed by atoms with Crippen LogP contribution in [-0.4, -0.2) is 19.0 Å². The Morgan fingerprint density at radius 2 is 2.25 bits per heavy atom. The van der Waals surface area contributed by atoms with Crippen LogP contribution in [0, 0.1) is 0 Å². The van der Waals surface area contributed by atoms with Crippen molar-refractivity contribution in [3.05, 3.63) is 33.8 Å². The van der Waals surface area contributed by atoms with E-state index in [1.165, 1.54) is 0 Å². The quantitative estimate of drug-likeness (QED) is 0.632. The molecule has 86 valence electrons. The van der Waals surface area contributed by atoms with Gasteiger partial charge in [-0.15, -0.1) is 0 Å². The van der Waals surface area contributed by atoms with E-state index in [9.17, 15) is 0 Å². The molecule has 2 rings (SSSR count). The van der Waals surface area contributed by atoms with Gasteiger partial charge < -0.3 is 11.1 Å². The van der Waals surface area contributed by atoms with Crippen molar-refractivity contribution in [2.75, 3.05) is 7.05 Å². The number of benzene rings is 1. The van der Waals surface area contributed by atoms with Crippen molar-refractivity contribution in [3.8, 4) is 0 Å². The van der Waals surface area contributed by atoms with Gasteiger partial charge in [-0.25, -0.2) is 0 Å².